The molecule has 2 aliphatic rings. The van der Waals surface area contributed by atoms with Gasteiger partial charge >= 0.3 is 17.8 Å². The summed E-state index contributed by atoms with van der Waals surface area (Å²) in [6.45, 7) is 9.18. The normalized spacial score (nSPS) is 17.7. The van der Waals surface area contributed by atoms with E-state index in [1.165, 1.54) is 0 Å². The first-order valence-electron chi connectivity index (χ1n) is 10.2. The molecule has 2 saturated heterocycles. The molecule has 0 aromatic heterocycles. The van der Waals surface area contributed by atoms with Crippen LogP contribution in [-0.4, -0.2) is 103 Å². The van der Waals surface area contributed by atoms with Gasteiger partial charge in [-0.15, -0.1) is 0 Å². The van der Waals surface area contributed by atoms with Crippen LogP contribution in [0, 0.1) is 0 Å². The van der Waals surface area contributed by atoms with Crippen LogP contribution in [0.1, 0.15) is 39.5 Å². The van der Waals surface area contributed by atoms with Crippen LogP contribution in [0.15, 0.2) is 0 Å². The number of hydrogen-bond donors (Lipinski definition) is 1. The van der Waals surface area contributed by atoms with Gasteiger partial charge in [-0.2, -0.15) is 0 Å². The summed E-state index contributed by atoms with van der Waals surface area (Å²) in [6.07, 6.45) is 3.95. The van der Waals surface area contributed by atoms with Gasteiger partial charge in [0, 0.05) is 51.9 Å². The largest absolute Gasteiger partial charge is 0.338 e. The lowest BCUT2D eigenvalue weighted by atomic mass is 10.2. The summed E-state index contributed by atoms with van der Waals surface area (Å²) in [5, 5.41) is 2.96. The Kier molecular flexibility index (Phi) is 8.34. The fraction of sp³-hybridized carbons (Fsp3) is 0.842. The van der Waals surface area contributed by atoms with E-state index in [9.17, 15) is 14.4 Å². The van der Waals surface area contributed by atoms with Gasteiger partial charge in [0.1, 0.15) is 0 Å². The third-order valence-electron chi connectivity index (χ3n) is 5.53. The lowest BCUT2D eigenvalue weighted by Gasteiger charge is -2.35. The first-order chi connectivity index (χ1) is 12.9. The van der Waals surface area contributed by atoms with E-state index in [0.29, 0.717) is 51.9 Å². The molecule has 2 aliphatic heterocycles. The summed E-state index contributed by atoms with van der Waals surface area (Å²) in [5.74, 6) is -0.817. The molecule has 0 unspecified atom stereocenters. The lowest BCUT2D eigenvalue weighted by Crippen LogP contribution is -2.55. The van der Waals surface area contributed by atoms with Crippen LogP contribution in [0.4, 0.5) is 4.79 Å². The fourth-order valence-electron chi connectivity index (χ4n) is 3.35. The Hall–Kier alpha value is -1.83. The Balaban J connectivity index is 1.62. The van der Waals surface area contributed by atoms with Crippen molar-refractivity contribution in [1.29, 1.82) is 0 Å². The van der Waals surface area contributed by atoms with Gasteiger partial charge < -0.3 is 24.9 Å². The Morgan fingerprint density at radius 3 is 1.93 bits per heavy atom. The van der Waals surface area contributed by atoms with Crippen LogP contribution < -0.4 is 5.32 Å². The number of amides is 4. The molecule has 0 aliphatic carbocycles. The maximum absolute atomic E-state index is 12.3. The summed E-state index contributed by atoms with van der Waals surface area (Å²) < 4.78 is 0. The molecule has 0 bridgehead atoms. The van der Waals surface area contributed by atoms with Crippen LogP contribution in [-0.2, 0) is 9.59 Å². The molecule has 0 aromatic rings. The van der Waals surface area contributed by atoms with Crippen LogP contribution in [0.5, 0.6) is 0 Å². The van der Waals surface area contributed by atoms with Crippen LogP contribution >= 0.6 is 0 Å². The van der Waals surface area contributed by atoms with Crippen LogP contribution in [0.25, 0.3) is 0 Å². The minimum atomic E-state index is -0.425. The first kappa shape index (κ1) is 21.5. The molecule has 2 rings (SSSR count). The smallest absolute Gasteiger partial charge is 0.317 e. The SMILES string of the molecule is CC(C)N(C)CCCCNC(=O)N1CCN(C(=O)C(=O)N2CCCC2)CC1. The van der Waals surface area contributed by atoms with Gasteiger partial charge in [-0.3, -0.25) is 9.59 Å². The second-order valence-electron chi connectivity index (χ2n) is 7.79. The van der Waals surface area contributed by atoms with Crippen molar-refractivity contribution >= 4 is 17.8 Å². The number of nitrogens with zero attached hydrogens (tertiary/aromatic N) is 4. The molecule has 2 heterocycles. The van der Waals surface area contributed by atoms with E-state index in [2.05, 4.69) is 31.1 Å². The lowest BCUT2D eigenvalue weighted by molar-refractivity contribution is -0.152. The monoisotopic (exact) mass is 381 g/mol. The molecule has 4 amide bonds. The van der Waals surface area contributed by atoms with Crippen molar-refractivity contribution in [3.63, 3.8) is 0 Å². The van der Waals surface area contributed by atoms with Crippen molar-refractivity contribution in [1.82, 2.24) is 24.9 Å². The number of rotatable bonds is 6. The maximum atomic E-state index is 12.3. The average molecular weight is 382 g/mol. The molecule has 27 heavy (non-hydrogen) atoms. The summed E-state index contributed by atoms with van der Waals surface area (Å²) >= 11 is 0. The van der Waals surface area contributed by atoms with E-state index < -0.39 is 11.8 Å². The van der Waals surface area contributed by atoms with Crippen molar-refractivity contribution in [2.24, 2.45) is 0 Å². The molecular formula is C19H35N5O3. The van der Waals surface area contributed by atoms with Gasteiger partial charge in [-0.05, 0) is 53.1 Å². The van der Waals surface area contributed by atoms with Crippen molar-refractivity contribution in [2.45, 2.75) is 45.6 Å². The molecular weight excluding hydrogens is 346 g/mol. The van der Waals surface area contributed by atoms with Crippen molar-refractivity contribution in [3.05, 3.63) is 0 Å². The van der Waals surface area contributed by atoms with Crippen molar-refractivity contribution in [3.8, 4) is 0 Å². The standard InChI is InChI=1S/C19H35N5O3/c1-16(2)21(3)9-5-4-8-20-19(27)24-14-12-23(13-15-24)18(26)17(25)22-10-6-7-11-22/h16H,4-15H2,1-3H3,(H,20,27). The first-order valence-corrected chi connectivity index (χ1v) is 10.2. The van der Waals surface area contributed by atoms with Gasteiger partial charge in [0.2, 0.25) is 0 Å². The van der Waals surface area contributed by atoms with Crippen LogP contribution in [0.2, 0.25) is 0 Å². The molecule has 8 heteroatoms. The molecule has 1 N–H and O–H groups in total. The number of likely N-dealkylation sites (tertiary alicyclic amines) is 1. The summed E-state index contributed by atoms with van der Waals surface area (Å²) in [4.78, 5) is 44.0. The highest BCUT2D eigenvalue weighted by atomic mass is 16.2. The quantitative estimate of drug-likeness (QED) is 0.540. The number of urea groups is 1. The number of unbranched alkanes of at least 4 members (excludes halogenated alkanes) is 1. The van der Waals surface area contributed by atoms with Gasteiger partial charge in [0.05, 0.1) is 0 Å². The predicted molar refractivity (Wildman–Crippen MR) is 104 cm³/mol. The summed E-state index contributed by atoms with van der Waals surface area (Å²) in [5.41, 5.74) is 0. The molecule has 0 spiro atoms. The molecule has 8 nitrogen and oxygen atoms in total. The van der Waals surface area contributed by atoms with E-state index in [1.54, 1.807) is 14.7 Å². The molecule has 0 saturated carbocycles. The highest BCUT2D eigenvalue weighted by molar-refractivity contribution is 6.35. The number of hydrogen-bond acceptors (Lipinski definition) is 4. The Bertz CT molecular complexity index is 511. The highest BCUT2D eigenvalue weighted by Gasteiger charge is 2.31. The zero-order chi connectivity index (χ0) is 19.8. The zero-order valence-electron chi connectivity index (χ0n) is 17.1. The van der Waals surface area contributed by atoms with Gasteiger partial charge in [0.25, 0.3) is 0 Å². The number of carbonyl (C=O) groups excluding carboxylic acids is 3. The maximum Gasteiger partial charge on any atom is 0.317 e. The number of piperazine rings is 1. The molecule has 0 radical (unpaired) electrons. The predicted octanol–water partition coefficient (Wildman–Crippen LogP) is 0.583. The number of nitrogens with one attached hydrogen (secondary N) is 1. The van der Waals surface area contributed by atoms with Crippen LogP contribution in [0.3, 0.4) is 0 Å². The van der Waals surface area contributed by atoms with Crippen molar-refractivity contribution in [2.75, 3.05) is 59.4 Å². The third kappa shape index (κ3) is 6.37. The average Bonchev–Trinajstić information content (AvgIpc) is 3.21. The Morgan fingerprint density at radius 1 is 0.852 bits per heavy atom. The second kappa shape index (κ2) is 10.5. The van der Waals surface area contributed by atoms with Crippen molar-refractivity contribution < 1.29 is 14.4 Å². The minimum absolute atomic E-state index is 0.0785. The Labute approximate surface area is 162 Å². The van der Waals surface area contributed by atoms with Gasteiger partial charge in [-0.25, -0.2) is 4.79 Å². The summed E-state index contributed by atoms with van der Waals surface area (Å²) in [6, 6.07) is 0.459. The molecule has 0 atom stereocenters. The second-order valence-corrected chi connectivity index (χ2v) is 7.79. The Morgan fingerprint density at radius 2 is 1.37 bits per heavy atom. The van der Waals surface area contributed by atoms with Gasteiger partial charge in [-0.1, -0.05) is 0 Å². The van der Waals surface area contributed by atoms with E-state index in [0.717, 1.165) is 32.2 Å². The van der Waals surface area contributed by atoms with Gasteiger partial charge in [0.15, 0.2) is 0 Å². The highest BCUT2D eigenvalue weighted by Crippen LogP contribution is 2.10. The van der Waals surface area contributed by atoms with E-state index in [1.807, 2.05) is 0 Å². The molecule has 2 fully saturated rings. The number of carbonyl (C=O) groups is 3. The summed E-state index contributed by atoms with van der Waals surface area (Å²) in [7, 11) is 2.11. The zero-order valence-corrected chi connectivity index (χ0v) is 17.1. The molecule has 154 valence electrons. The minimum Gasteiger partial charge on any atom is -0.338 e. The van der Waals surface area contributed by atoms with E-state index in [4.69, 9.17) is 0 Å². The van der Waals surface area contributed by atoms with E-state index in [-0.39, 0.29) is 6.03 Å². The van der Waals surface area contributed by atoms with E-state index >= 15 is 0 Å². The topological polar surface area (TPSA) is 76.2 Å². The molecule has 0 aromatic carbocycles. The third-order valence-corrected chi connectivity index (χ3v) is 5.53. The fourth-order valence-corrected chi connectivity index (χ4v) is 3.35.